The number of rotatable bonds is 6. The van der Waals surface area contributed by atoms with E-state index in [2.05, 4.69) is 15.3 Å². The Morgan fingerprint density at radius 3 is 2.54 bits per heavy atom. The van der Waals surface area contributed by atoms with Crippen LogP contribution in [0, 0.1) is 6.92 Å². The van der Waals surface area contributed by atoms with Gasteiger partial charge in [-0.2, -0.15) is 0 Å². The van der Waals surface area contributed by atoms with Crippen LogP contribution in [0.5, 0.6) is 0 Å². The van der Waals surface area contributed by atoms with Crippen LogP contribution in [0.2, 0.25) is 0 Å². The Hall–Kier alpha value is -2.83. The first-order valence-electron chi connectivity index (χ1n) is 9.53. The van der Waals surface area contributed by atoms with Gasteiger partial charge in [-0.15, -0.1) is 0 Å². The van der Waals surface area contributed by atoms with Crippen LogP contribution in [0.15, 0.2) is 30.6 Å². The molecule has 0 saturated heterocycles. The molecule has 7 heteroatoms. The molecule has 2 aliphatic carbocycles. The number of halogens is 1. The van der Waals surface area contributed by atoms with Gasteiger partial charge in [0, 0.05) is 25.0 Å². The van der Waals surface area contributed by atoms with Crippen molar-refractivity contribution in [2.24, 2.45) is 0 Å². The molecular formula is C21H23FN4O2. The monoisotopic (exact) mass is 382 g/mol. The Morgan fingerprint density at radius 1 is 1.25 bits per heavy atom. The van der Waals surface area contributed by atoms with Gasteiger partial charge in [-0.05, 0) is 61.3 Å². The molecular weight excluding hydrogens is 359 g/mol. The zero-order valence-electron chi connectivity index (χ0n) is 16.0. The van der Waals surface area contributed by atoms with Crippen molar-refractivity contribution in [2.75, 3.05) is 18.9 Å². The average molecular weight is 382 g/mol. The minimum atomic E-state index is -1.22. The molecule has 2 aliphatic rings. The van der Waals surface area contributed by atoms with Gasteiger partial charge in [-0.3, -0.25) is 14.9 Å². The molecule has 4 rings (SSSR count). The van der Waals surface area contributed by atoms with Crippen LogP contribution in [0.4, 0.5) is 10.3 Å². The maximum Gasteiger partial charge on any atom is 0.254 e. The topological polar surface area (TPSA) is 75.2 Å². The minimum absolute atomic E-state index is 0.116. The van der Waals surface area contributed by atoms with Crippen molar-refractivity contribution in [1.82, 2.24) is 14.9 Å². The number of carbonyl (C=O) groups is 2. The van der Waals surface area contributed by atoms with Crippen LogP contribution in [-0.2, 0) is 10.5 Å². The molecule has 0 unspecified atom stereocenters. The predicted molar refractivity (Wildman–Crippen MR) is 103 cm³/mol. The standard InChI is InChI=1S/C21H23FN4O2/c1-13-10-23-20(24-11-13)25-18(27)12-26(2)19(28)16-6-5-15(21(22)7-8-21)9-17(16)14-3-4-14/h5-6,9-11,14H,3-4,7-8,12H2,1-2H3,(H,23,24,25,27). The number of hydrogen-bond acceptors (Lipinski definition) is 4. The largest absolute Gasteiger partial charge is 0.332 e. The predicted octanol–water partition coefficient (Wildman–Crippen LogP) is 3.33. The smallest absolute Gasteiger partial charge is 0.254 e. The molecule has 1 aromatic heterocycles. The number of anilines is 1. The molecule has 6 nitrogen and oxygen atoms in total. The SMILES string of the molecule is Cc1cnc(NC(=O)CN(C)C(=O)c2ccc(C3(F)CC3)cc2C2CC2)nc1. The van der Waals surface area contributed by atoms with Gasteiger partial charge in [0.15, 0.2) is 0 Å². The van der Waals surface area contributed by atoms with Crippen molar-refractivity contribution in [3.8, 4) is 0 Å². The van der Waals surface area contributed by atoms with E-state index in [0.29, 0.717) is 29.9 Å². The molecule has 2 saturated carbocycles. The van der Waals surface area contributed by atoms with Crippen LogP contribution in [-0.4, -0.2) is 40.3 Å². The van der Waals surface area contributed by atoms with Gasteiger partial charge in [0.1, 0.15) is 5.67 Å². The number of amides is 2. The zero-order valence-corrected chi connectivity index (χ0v) is 16.0. The summed E-state index contributed by atoms with van der Waals surface area (Å²) in [6, 6.07) is 5.27. The lowest BCUT2D eigenvalue weighted by Crippen LogP contribution is -2.35. The van der Waals surface area contributed by atoms with E-state index in [1.54, 1.807) is 31.6 Å². The number of hydrogen-bond donors (Lipinski definition) is 1. The number of carbonyl (C=O) groups excluding carboxylic acids is 2. The van der Waals surface area contributed by atoms with E-state index in [1.807, 2.05) is 13.0 Å². The highest BCUT2D eigenvalue weighted by Crippen LogP contribution is 2.51. The van der Waals surface area contributed by atoms with Gasteiger partial charge < -0.3 is 4.90 Å². The van der Waals surface area contributed by atoms with Crippen molar-refractivity contribution >= 4 is 17.8 Å². The normalized spacial score (nSPS) is 17.1. The number of benzene rings is 1. The van der Waals surface area contributed by atoms with Gasteiger partial charge in [-0.25, -0.2) is 14.4 Å². The van der Waals surface area contributed by atoms with E-state index in [4.69, 9.17) is 0 Å². The van der Waals surface area contributed by atoms with Crippen LogP contribution >= 0.6 is 0 Å². The number of alkyl halides is 1. The summed E-state index contributed by atoms with van der Waals surface area (Å²) in [6.45, 7) is 1.74. The van der Waals surface area contributed by atoms with E-state index >= 15 is 0 Å². The molecule has 0 radical (unpaired) electrons. The van der Waals surface area contributed by atoms with Crippen LogP contribution < -0.4 is 5.32 Å². The number of nitrogens with zero attached hydrogens (tertiary/aromatic N) is 3. The lowest BCUT2D eigenvalue weighted by Gasteiger charge is -2.19. The van der Waals surface area contributed by atoms with Gasteiger partial charge >= 0.3 is 0 Å². The van der Waals surface area contributed by atoms with E-state index < -0.39 is 5.67 Å². The molecule has 0 atom stereocenters. The Kier molecular flexibility index (Phi) is 4.61. The first-order chi connectivity index (χ1) is 13.4. The van der Waals surface area contributed by atoms with Crippen LogP contribution in [0.1, 0.15) is 58.6 Å². The molecule has 2 aromatic rings. The third-order valence-electron chi connectivity index (χ3n) is 5.27. The second-order valence-corrected chi connectivity index (χ2v) is 7.84. The van der Waals surface area contributed by atoms with E-state index in [9.17, 15) is 14.0 Å². The first-order valence-corrected chi connectivity index (χ1v) is 9.53. The number of likely N-dealkylation sites (N-methyl/N-ethyl adjacent to an activating group) is 1. The quantitative estimate of drug-likeness (QED) is 0.832. The Labute approximate surface area is 163 Å². The minimum Gasteiger partial charge on any atom is -0.332 e. The molecule has 1 aromatic carbocycles. The van der Waals surface area contributed by atoms with E-state index in [1.165, 1.54) is 4.90 Å². The van der Waals surface area contributed by atoms with Crippen molar-refractivity contribution in [3.63, 3.8) is 0 Å². The summed E-state index contributed by atoms with van der Waals surface area (Å²) in [5, 5.41) is 2.59. The first kappa shape index (κ1) is 18.5. The molecule has 2 fully saturated rings. The fraction of sp³-hybridized carbons (Fsp3) is 0.429. The Bertz CT molecular complexity index is 921. The van der Waals surface area contributed by atoms with Crippen LogP contribution in [0.25, 0.3) is 0 Å². The fourth-order valence-electron chi connectivity index (χ4n) is 3.28. The van der Waals surface area contributed by atoms with Crippen molar-refractivity contribution in [2.45, 2.75) is 44.2 Å². The lowest BCUT2D eigenvalue weighted by molar-refractivity contribution is -0.116. The van der Waals surface area contributed by atoms with E-state index in [0.717, 1.165) is 24.0 Å². The Morgan fingerprint density at radius 2 is 1.93 bits per heavy atom. The summed E-state index contributed by atoms with van der Waals surface area (Å²) in [5.74, 6) is -0.0938. The summed E-state index contributed by atoms with van der Waals surface area (Å²) in [5.41, 5.74) is 1.80. The highest BCUT2D eigenvalue weighted by Gasteiger charge is 2.45. The molecule has 0 spiro atoms. The highest BCUT2D eigenvalue weighted by atomic mass is 19.1. The zero-order chi connectivity index (χ0) is 19.9. The summed E-state index contributed by atoms with van der Waals surface area (Å²) in [7, 11) is 1.58. The second-order valence-electron chi connectivity index (χ2n) is 7.84. The Balaban J connectivity index is 1.46. The number of nitrogens with one attached hydrogen (secondary N) is 1. The highest BCUT2D eigenvalue weighted by molar-refractivity contribution is 5.99. The maximum absolute atomic E-state index is 14.4. The summed E-state index contributed by atoms with van der Waals surface area (Å²) < 4.78 is 14.4. The summed E-state index contributed by atoms with van der Waals surface area (Å²) >= 11 is 0. The maximum atomic E-state index is 14.4. The third-order valence-corrected chi connectivity index (χ3v) is 5.27. The van der Waals surface area contributed by atoms with Gasteiger partial charge in [0.05, 0.1) is 6.54 Å². The number of aryl methyl sites for hydroxylation is 1. The fourth-order valence-corrected chi connectivity index (χ4v) is 3.28. The van der Waals surface area contributed by atoms with Gasteiger partial charge in [0.2, 0.25) is 11.9 Å². The molecule has 0 bridgehead atoms. The van der Waals surface area contributed by atoms with Crippen molar-refractivity contribution < 1.29 is 14.0 Å². The molecule has 146 valence electrons. The molecule has 1 N–H and O–H groups in total. The lowest BCUT2D eigenvalue weighted by atomic mass is 9.96. The molecule has 1 heterocycles. The van der Waals surface area contributed by atoms with Crippen molar-refractivity contribution in [3.05, 3.63) is 52.8 Å². The molecule has 0 aliphatic heterocycles. The summed E-state index contributed by atoms with van der Waals surface area (Å²) in [4.78, 5) is 34.6. The average Bonchev–Trinajstić information content (AvgIpc) is 3.59. The van der Waals surface area contributed by atoms with Gasteiger partial charge in [-0.1, -0.05) is 12.1 Å². The summed E-state index contributed by atoms with van der Waals surface area (Å²) in [6.07, 6.45) is 6.34. The third kappa shape index (κ3) is 3.88. The van der Waals surface area contributed by atoms with Gasteiger partial charge in [0.25, 0.3) is 5.91 Å². The van der Waals surface area contributed by atoms with E-state index in [-0.39, 0.29) is 24.3 Å². The van der Waals surface area contributed by atoms with Crippen molar-refractivity contribution in [1.29, 1.82) is 0 Å². The van der Waals surface area contributed by atoms with Crippen LogP contribution in [0.3, 0.4) is 0 Å². The number of aromatic nitrogens is 2. The molecule has 28 heavy (non-hydrogen) atoms. The second kappa shape index (κ2) is 6.96. The molecule has 2 amide bonds.